The van der Waals surface area contributed by atoms with Crippen molar-refractivity contribution in [3.05, 3.63) is 58.1 Å². The van der Waals surface area contributed by atoms with Gasteiger partial charge in [0.1, 0.15) is 0 Å². The van der Waals surface area contributed by atoms with Crippen LogP contribution in [0.3, 0.4) is 0 Å². The first-order valence-electron chi connectivity index (χ1n) is 7.55. The zero-order valence-corrected chi connectivity index (χ0v) is 15.4. The summed E-state index contributed by atoms with van der Waals surface area (Å²) in [5.74, 6) is -0.282. The Morgan fingerprint density at radius 1 is 1.12 bits per heavy atom. The van der Waals surface area contributed by atoms with Crippen molar-refractivity contribution in [2.75, 3.05) is 5.32 Å². The van der Waals surface area contributed by atoms with Gasteiger partial charge in [0.2, 0.25) is 10.0 Å². The minimum absolute atomic E-state index is 0.0543. The van der Waals surface area contributed by atoms with E-state index < -0.39 is 10.0 Å². The molecule has 7 heteroatoms. The lowest BCUT2D eigenvalue weighted by Crippen LogP contribution is -2.25. The number of hydrogen-bond acceptors (Lipinski definition) is 3. The highest BCUT2D eigenvalue weighted by Crippen LogP contribution is 2.23. The van der Waals surface area contributed by atoms with Crippen LogP contribution in [0.25, 0.3) is 0 Å². The Balaban J connectivity index is 1.72. The Morgan fingerprint density at radius 2 is 1.79 bits per heavy atom. The topological polar surface area (TPSA) is 75.3 Å². The number of aryl methyl sites for hydroxylation is 1. The predicted octanol–water partition coefficient (Wildman–Crippen LogP) is 3.45. The minimum atomic E-state index is -3.50. The molecular formula is C17H17BrN2O3S. The highest BCUT2D eigenvalue weighted by Gasteiger charge is 2.27. The normalized spacial score (nSPS) is 14.4. The van der Waals surface area contributed by atoms with Gasteiger partial charge < -0.3 is 5.32 Å². The van der Waals surface area contributed by atoms with Crippen LogP contribution in [0.4, 0.5) is 5.69 Å². The standard InChI is InChI=1S/C17H17BrN2O3S/c1-11-10-14(6-9-16(11)18)19-17(21)12-2-7-15(8-3-12)24(22,23)20-13-4-5-13/h2-3,6-10,13,20H,4-5H2,1H3,(H,19,21). The molecule has 24 heavy (non-hydrogen) atoms. The van der Waals surface area contributed by atoms with Crippen LogP contribution < -0.4 is 10.0 Å². The summed E-state index contributed by atoms with van der Waals surface area (Å²) in [5.41, 5.74) is 2.11. The van der Waals surface area contributed by atoms with Crippen LogP contribution in [-0.4, -0.2) is 20.4 Å². The molecule has 0 heterocycles. The number of carbonyl (C=O) groups is 1. The third-order valence-corrected chi connectivity index (χ3v) is 6.17. The average molecular weight is 409 g/mol. The van der Waals surface area contributed by atoms with Crippen LogP contribution in [0.2, 0.25) is 0 Å². The number of rotatable bonds is 5. The highest BCUT2D eigenvalue weighted by molar-refractivity contribution is 9.10. The number of carbonyl (C=O) groups excluding carboxylic acids is 1. The van der Waals surface area contributed by atoms with E-state index in [2.05, 4.69) is 26.0 Å². The van der Waals surface area contributed by atoms with Gasteiger partial charge in [-0.2, -0.15) is 0 Å². The molecule has 0 aromatic heterocycles. The van der Waals surface area contributed by atoms with Crippen molar-refractivity contribution in [1.29, 1.82) is 0 Å². The number of nitrogens with one attached hydrogen (secondary N) is 2. The van der Waals surface area contributed by atoms with Gasteiger partial charge in [0.05, 0.1) is 4.90 Å². The van der Waals surface area contributed by atoms with E-state index >= 15 is 0 Å². The summed E-state index contributed by atoms with van der Waals surface area (Å²) in [7, 11) is -3.50. The van der Waals surface area contributed by atoms with Crippen LogP contribution in [0.5, 0.6) is 0 Å². The Labute approximate surface area is 149 Å². The van der Waals surface area contributed by atoms with E-state index in [1.807, 2.05) is 19.1 Å². The third kappa shape index (κ3) is 4.03. The highest BCUT2D eigenvalue weighted by atomic mass is 79.9. The van der Waals surface area contributed by atoms with Crippen LogP contribution in [0, 0.1) is 6.92 Å². The lowest BCUT2D eigenvalue weighted by Gasteiger charge is -2.09. The Morgan fingerprint density at radius 3 is 2.38 bits per heavy atom. The zero-order valence-electron chi connectivity index (χ0n) is 13.0. The molecule has 126 valence electrons. The van der Waals surface area contributed by atoms with Crippen LogP contribution in [0.15, 0.2) is 51.8 Å². The predicted molar refractivity (Wildman–Crippen MR) is 96.6 cm³/mol. The van der Waals surface area contributed by atoms with E-state index in [0.29, 0.717) is 11.3 Å². The number of amides is 1. The van der Waals surface area contributed by atoms with E-state index in [0.717, 1.165) is 22.9 Å². The Hall–Kier alpha value is -1.70. The van der Waals surface area contributed by atoms with Crippen molar-refractivity contribution in [1.82, 2.24) is 4.72 Å². The second kappa shape index (κ2) is 6.66. The lowest BCUT2D eigenvalue weighted by atomic mass is 10.2. The molecule has 0 atom stereocenters. The molecule has 0 saturated heterocycles. The molecule has 5 nitrogen and oxygen atoms in total. The molecule has 1 fully saturated rings. The molecule has 0 bridgehead atoms. The van der Waals surface area contributed by atoms with Crippen molar-refractivity contribution in [3.63, 3.8) is 0 Å². The minimum Gasteiger partial charge on any atom is -0.322 e. The van der Waals surface area contributed by atoms with Gasteiger partial charge in [0.25, 0.3) is 5.91 Å². The van der Waals surface area contributed by atoms with Crippen molar-refractivity contribution in [3.8, 4) is 0 Å². The first kappa shape index (κ1) is 17.1. The van der Waals surface area contributed by atoms with Gasteiger partial charge in [-0.15, -0.1) is 0 Å². The average Bonchev–Trinajstić information content (AvgIpc) is 3.34. The van der Waals surface area contributed by atoms with Gasteiger partial charge in [-0.05, 0) is 67.8 Å². The van der Waals surface area contributed by atoms with Crippen molar-refractivity contribution in [2.24, 2.45) is 0 Å². The summed E-state index contributed by atoms with van der Waals surface area (Å²) in [6.07, 6.45) is 1.76. The fourth-order valence-corrected chi connectivity index (χ4v) is 3.75. The maximum atomic E-state index is 12.3. The van der Waals surface area contributed by atoms with E-state index in [9.17, 15) is 13.2 Å². The van der Waals surface area contributed by atoms with Gasteiger partial charge in [0.15, 0.2) is 0 Å². The summed E-state index contributed by atoms with van der Waals surface area (Å²) in [6, 6.07) is 11.5. The van der Waals surface area contributed by atoms with Crippen molar-refractivity contribution < 1.29 is 13.2 Å². The summed E-state index contributed by atoms with van der Waals surface area (Å²) in [5, 5.41) is 2.80. The van der Waals surface area contributed by atoms with Gasteiger partial charge in [-0.3, -0.25) is 4.79 Å². The first-order chi connectivity index (χ1) is 11.3. The van der Waals surface area contributed by atoms with Crippen molar-refractivity contribution >= 4 is 37.5 Å². The number of sulfonamides is 1. The zero-order chi connectivity index (χ0) is 17.3. The van der Waals surface area contributed by atoms with E-state index in [4.69, 9.17) is 0 Å². The number of benzene rings is 2. The molecule has 0 spiro atoms. The maximum absolute atomic E-state index is 12.3. The molecule has 0 radical (unpaired) electrons. The summed E-state index contributed by atoms with van der Waals surface area (Å²) in [6.45, 7) is 1.94. The fraction of sp³-hybridized carbons (Fsp3) is 0.235. The fourth-order valence-electron chi connectivity index (χ4n) is 2.20. The molecule has 2 N–H and O–H groups in total. The molecule has 1 aliphatic rings. The maximum Gasteiger partial charge on any atom is 0.255 e. The van der Waals surface area contributed by atoms with E-state index in [1.54, 1.807) is 6.07 Å². The Bertz CT molecular complexity index is 875. The molecule has 2 aromatic rings. The van der Waals surface area contributed by atoms with Gasteiger partial charge in [0, 0.05) is 21.8 Å². The third-order valence-electron chi connectivity index (χ3n) is 3.74. The molecule has 2 aromatic carbocycles. The van der Waals surface area contributed by atoms with Crippen LogP contribution in [0.1, 0.15) is 28.8 Å². The van der Waals surface area contributed by atoms with Crippen molar-refractivity contribution in [2.45, 2.75) is 30.7 Å². The molecule has 3 rings (SSSR count). The number of anilines is 1. The monoisotopic (exact) mass is 408 g/mol. The van der Waals surface area contributed by atoms with Crippen LogP contribution in [-0.2, 0) is 10.0 Å². The van der Waals surface area contributed by atoms with Crippen LogP contribution >= 0.6 is 15.9 Å². The first-order valence-corrected chi connectivity index (χ1v) is 9.83. The van der Waals surface area contributed by atoms with E-state index in [-0.39, 0.29) is 16.8 Å². The summed E-state index contributed by atoms with van der Waals surface area (Å²) in [4.78, 5) is 12.4. The number of halogens is 1. The Kier molecular flexibility index (Phi) is 4.76. The molecule has 1 aliphatic carbocycles. The molecule has 1 saturated carbocycles. The van der Waals surface area contributed by atoms with Gasteiger partial charge in [-0.25, -0.2) is 13.1 Å². The van der Waals surface area contributed by atoms with Gasteiger partial charge >= 0.3 is 0 Å². The smallest absolute Gasteiger partial charge is 0.255 e. The summed E-state index contributed by atoms with van der Waals surface area (Å²) >= 11 is 3.41. The number of hydrogen-bond donors (Lipinski definition) is 2. The molecule has 1 amide bonds. The molecular weight excluding hydrogens is 392 g/mol. The quantitative estimate of drug-likeness (QED) is 0.795. The molecule has 0 aliphatic heterocycles. The SMILES string of the molecule is Cc1cc(NC(=O)c2ccc(S(=O)(=O)NC3CC3)cc2)ccc1Br. The second-order valence-electron chi connectivity index (χ2n) is 5.84. The van der Waals surface area contributed by atoms with E-state index in [1.165, 1.54) is 24.3 Å². The summed E-state index contributed by atoms with van der Waals surface area (Å²) < 4.78 is 27.8. The second-order valence-corrected chi connectivity index (χ2v) is 8.41. The molecule has 0 unspecified atom stereocenters. The largest absolute Gasteiger partial charge is 0.322 e. The van der Waals surface area contributed by atoms with Gasteiger partial charge in [-0.1, -0.05) is 15.9 Å². The lowest BCUT2D eigenvalue weighted by molar-refractivity contribution is 0.102.